The highest BCUT2D eigenvalue weighted by Gasteiger charge is 2.19. The van der Waals surface area contributed by atoms with Gasteiger partial charge in [0.15, 0.2) is 9.84 Å². The summed E-state index contributed by atoms with van der Waals surface area (Å²) < 4.78 is 27.8. The predicted molar refractivity (Wildman–Crippen MR) is 82.8 cm³/mol. The molecule has 1 rings (SSSR count). The molecule has 0 radical (unpaired) electrons. The number of nitro groups is 1. The Morgan fingerprint density at radius 2 is 2.09 bits per heavy atom. The van der Waals surface area contributed by atoms with E-state index in [1.165, 1.54) is 12.1 Å². The molecule has 0 aliphatic heterocycles. The van der Waals surface area contributed by atoms with Gasteiger partial charge in [0.25, 0.3) is 5.69 Å². The zero-order chi connectivity index (χ0) is 16.8. The summed E-state index contributed by atoms with van der Waals surface area (Å²) in [6.45, 7) is 2.29. The summed E-state index contributed by atoms with van der Waals surface area (Å²) in [5.41, 5.74) is -0.339. The Kier molecular flexibility index (Phi) is 6.82. The monoisotopic (exact) mass is 347 g/mol. The summed E-state index contributed by atoms with van der Waals surface area (Å²) in [6, 6.07) is 3.62. The minimum Gasteiger partial charge on any atom is -0.465 e. The second-order valence-electron chi connectivity index (χ2n) is 4.52. The number of ether oxygens (including phenoxy) is 1. The lowest BCUT2D eigenvalue weighted by molar-refractivity contribution is -0.388. The summed E-state index contributed by atoms with van der Waals surface area (Å²) >= 11 is 0.950. The van der Waals surface area contributed by atoms with Gasteiger partial charge in [0.2, 0.25) is 0 Å². The quantitative estimate of drug-likeness (QED) is 0.234. The Morgan fingerprint density at radius 1 is 1.41 bits per heavy atom. The number of benzene rings is 1. The molecule has 0 spiro atoms. The SMILES string of the molecule is CCCCOC(=O)CSc1ccc(S(C)(=O)=O)cc1[N+](=O)[O-]. The Morgan fingerprint density at radius 3 is 2.64 bits per heavy atom. The van der Waals surface area contributed by atoms with E-state index in [9.17, 15) is 23.3 Å². The van der Waals surface area contributed by atoms with Crippen molar-refractivity contribution in [1.29, 1.82) is 0 Å². The van der Waals surface area contributed by atoms with Crippen molar-refractivity contribution >= 4 is 33.3 Å². The number of hydrogen-bond acceptors (Lipinski definition) is 7. The molecule has 0 saturated heterocycles. The van der Waals surface area contributed by atoms with Gasteiger partial charge >= 0.3 is 5.97 Å². The van der Waals surface area contributed by atoms with E-state index in [1.807, 2.05) is 6.92 Å². The van der Waals surface area contributed by atoms with E-state index in [-0.39, 0.29) is 21.2 Å². The molecule has 9 heteroatoms. The lowest BCUT2D eigenvalue weighted by atomic mass is 10.3. The van der Waals surface area contributed by atoms with Crippen LogP contribution in [0.25, 0.3) is 0 Å². The van der Waals surface area contributed by atoms with E-state index < -0.39 is 20.7 Å². The van der Waals surface area contributed by atoms with Gasteiger partial charge in [-0.2, -0.15) is 0 Å². The van der Waals surface area contributed by atoms with Gasteiger partial charge in [0.1, 0.15) is 0 Å². The van der Waals surface area contributed by atoms with Crippen molar-refractivity contribution in [1.82, 2.24) is 0 Å². The van der Waals surface area contributed by atoms with Crippen LogP contribution in [-0.4, -0.2) is 37.9 Å². The third-order valence-electron chi connectivity index (χ3n) is 2.66. The van der Waals surface area contributed by atoms with Crippen LogP contribution >= 0.6 is 11.8 Å². The van der Waals surface area contributed by atoms with Gasteiger partial charge in [-0.25, -0.2) is 8.42 Å². The molecule has 0 aliphatic rings. The molecule has 0 aliphatic carbocycles. The van der Waals surface area contributed by atoms with E-state index in [4.69, 9.17) is 4.74 Å². The second kappa shape index (κ2) is 8.14. The van der Waals surface area contributed by atoms with Crippen LogP contribution in [0.2, 0.25) is 0 Å². The van der Waals surface area contributed by atoms with Crippen LogP contribution in [0.4, 0.5) is 5.69 Å². The largest absolute Gasteiger partial charge is 0.465 e. The summed E-state index contributed by atoms with van der Waals surface area (Å²) in [5, 5.41) is 11.0. The normalized spacial score (nSPS) is 11.2. The van der Waals surface area contributed by atoms with Gasteiger partial charge in [-0.1, -0.05) is 13.3 Å². The van der Waals surface area contributed by atoms with Crippen molar-refractivity contribution < 1.29 is 22.9 Å². The van der Waals surface area contributed by atoms with E-state index in [0.29, 0.717) is 6.61 Å². The Hall–Kier alpha value is -1.61. The number of esters is 1. The maximum Gasteiger partial charge on any atom is 0.316 e. The van der Waals surface area contributed by atoms with Crippen LogP contribution in [0.5, 0.6) is 0 Å². The molecular weight excluding hydrogens is 330 g/mol. The number of nitrogens with zero attached hydrogens (tertiary/aromatic N) is 1. The molecule has 122 valence electrons. The molecule has 0 N–H and O–H groups in total. The van der Waals surface area contributed by atoms with Crippen molar-refractivity contribution in [2.75, 3.05) is 18.6 Å². The highest BCUT2D eigenvalue weighted by atomic mass is 32.2. The van der Waals surface area contributed by atoms with Gasteiger partial charge in [0, 0.05) is 12.3 Å². The number of carbonyl (C=O) groups is 1. The number of hydrogen-bond donors (Lipinski definition) is 0. The molecule has 0 atom stereocenters. The van der Waals surface area contributed by atoms with Gasteiger partial charge < -0.3 is 4.74 Å². The van der Waals surface area contributed by atoms with Gasteiger partial charge in [-0.15, -0.1) is 11.8 Å². The first-order valence-electron chi connectivity index (χ1n) is 6.52. The van der Waals surface area contributed by atoms with E-state index in [2.05, 4.69) is 0 Å². The van der Waals surface area contributed by atoms with Crippen LogP contribution in [0.15, 0.2) is 28.0 Å². The molecule has 7 nitrogen and oxygen atoms in total. The molecule has 0 amide bonds. The van der Waals surface area contributed by atoms with Crippen molar-refractivity contribution in [2.24, 2.45) is 0 Å². The van der Waals surface area contributed by atoms with E-state index >= 15 is 0 Å². The maximum absolute atomic E-state index is 11.5. The smallest absolute Gasteiger partial charge is 0.316 e. The molecule has 0 fully saturated rings. The van der Waals surface area contributed by atoms with Crippen molar-refractivity contribution in [3.8, 4) is 0 Å². The Labute approximate surface area is 133 Å². The summed E-state index contributed by atoms with van der Waals surface area (Å²) in [6.07, 6.45) is 2.64. The summed E-state index contributed by atoms with van der Waals surface area (Å²) in [5.74, 6) is -0.525. The fourth-order valence-electron chi connectivity index (χ4n) is 1.50. The number of thioether (sulfide) groups is 1. The van der Waals surface area contributed by atoms with Crippen LogP contribution < -0.4 is 0 Å². The molecule has 0 unspecified atom stereocenters. The zero-order valence-corrected chi connectivity index (χ0v) is 13.9. The molecule has 0 heterocycles. The van der Waals surface area contributed by atoms with Crippen molar-refractivity contribution in [2.45, 2.75) is 29.6 Å². The lowest BCUT2D eigenvalue weighted by Crippen LogP contribution is -2.08. The first-order chi connectivity index (χ1) is 10.3. The van der Waals surface area contributed by atoms with Crippen LogP contribution in [0, 0.1) is 10.1 Å². The van der Waals surface area contributed by atoms with Gasteiger partial charge in [-0.3, -0.25) is 14.9 Å². The highest BCUT2D eigenvalue weighted by molar-refractivity contribution is 8.00. The van der Waals surface area contributed by atoms with E-state index in [0.717, 1.165) is 36.9 Å². The number of rotatable bonds is 8. The van der Waals surface area contributed by atoms with Crippen LogP contribution in [0.1, 0.15) is 19.8 Å². The third-order valence-corrected chi connectivity index (χ3v) is 4.81. The van der Waals surface area contributed by atoms with Crippen molar-refractivity contribution in [3.63, 3.8) is 0 Å². The molecule has 0 bridgehead atoms. The minimum absolute atomic E-state index is 0.0667. The zero-order valence-electron chi connectivity index (χ0n) is 12.3. The fourth-order valence-corrected chi connectivity index (χ4v) is 2.94. The molecule has 22 heavy (non-hydrogen) atoms. The predicted octanol–water partition coefficient (Wildman–Crippen LogP) is 2.43. The highest BCUT2D eigenvalue weighted by Crippen LogP contribution is 2.31. The maximum atomic E-state index is 11.5. The molecule has 0 aromatic heterocycles. The summed E-state index contributed by atoms with van der Waals surface area (Å²) in [4.78, 5) is 22.0. The number of nitro benzene ring substituents is 1. The second-order valence-corrected chi connectivity index (χ2v) is 7.55. The molecular formula is C13H17NO6S2. The minimum atomic E-state index is -3.53. The standard InChI is InChI=1S/C13H17NO6S2/c1-3-4-7-20-13(15)9-21-12-6-5-10(22(2,18)19)8-11(12)14(16)17/h5-6,8H,3-4,7,9H2,1-2H3. The lowest BCUT2D eigenvalue weighted by Gasteiger charge is -2.06. The number of unbranched alkanes of at least 4 members (excludes halogenated alkanes) is 1. The molecule has 1 aromatic rings. The molecule has 0 saturated carbocycles. The van der Waals surface area contributed by atoms with Gasteiger partial charge in [-0.05, 0) is 18.6 Å². The Balaban J connectivity index is 2.83. The van der Waals surface area contributed by atoms with Crippen molar-refractivity contribution in [3.05, 3.63) is 28.3 Å². The Bertz CT molecular complexity index is 656. The number of carbonyl (C=O) groups excluding carboxylic acids is 1. The van der Waals surface area contributed by atoms with Gasteiger partial charge in [0.05, 0.1) is 27.1 Å². The first-order valence-corrected chi connectivity index (χ1v) is 9.40. The third kappa shape index (κ3) is 5.64. The topological polar surface area (TPSA) is 104 Å². The van der Waals surface area contributed by atoms with E-state index in [1.54, 1.807) is 0 Å². The van der Waals surface area contributed by atoms with Crippen LogP contribution in [0.3, 0.4) is 0 Å². The molecule has 1 aromatic carbocycles. The van der Waals surface area contributed by atoms with Crippen LogP contribution in [-0.2, 0) is 19.4 Å². The summed E-state index contributed by atoms with van der Waals surface area (Å²) in [7, 11) is -3.53. The number of sulfone groups is 1. The fraction of sp³-hybridized carbons (Fsp3) is 0.462. The average Bonchev–Trinajstić information content (AvgIpc) is 2.44. The first kappa shape index (κ1) is 18.4. The average molecular weight is 347 g/mol.